The molecule has 0 heterocycles. The predicted molar refractivity (Wildman–Crippen MR) is 65.8 cm³/mol. The van der Waals surface area contributed by atoms with Gasteiger partial charge in [-0.2, -0.15) is 0 Å². The average Bonchev–Trinajstić information content (AvgIpc) is 2.35. The van der Waals surface area contributed by atoms with Gasteiger partial charge >= 0.3 is 0 Å². The SMILES string of the molecule is C#CCCCCNC(=O)Cc1cccc(F)c1F. The lowest BCUT2D eigenvalue weighted by Crippen LogP contribution is -2.26. The Morgan fingerprint density at radius 2 is 2.11 bits per heavy atom. The van der Waals surface area contributed by atoms with Crippen LogP contribution in [-0.2, 0) is 11.2 Å². The van der Waals surface area contributed by atoms with Crippen LogP contribution >= 0.6 is 0 Å². The molecule has 0 atom stereocenters. The molecular weight excluding hydrogens is 236 g/mol. The summed E-state index contributed by atoms with van der Waals surface area (Å²) < 4.78 is 26.2. The molecule has 1 N–H and O–H groups in total. The van der Waals surface area contributed by atoms with E-state index in [4.69, 9.17) is 6.42 Å². The third kappa shape index (κ3) is 4.54. The Kier molecular flexibility index (Phi) is 5.86. The Morgan fingerprint density at radius 3 is 2.83 bits per heavy atom. The fourth-order valence-corrected chi connectivity index (χ4v) is 1.50. The molecule has 0 aliphatic carbocycles. The van der Waals surface area contributed by atoms with Crippen LogP contribution in [0.2, 0.25) is 0 Å². The van der Waals surface area contributed by atoms with Gasteiger partial charge in [0, 0.05) is 18.5 Å². The zero-order valence-electron chi connectivity index (χ0n) is 10.0. The summed E-state index contributed by atoms with van der Waals surface area (Å²) in [5.74, 6) is 0.292. The molecule has 1 amide bonds. The molecule has 0 radical (unpaired) electrons. The van der Waals surface area contributed by atoms with Crippen LogP contribution in [0.5, 0.6) is 0 Å². The Balaban J connectivity index is 2.36. The number of unbranched alkanes of at least 4 members (excludes halogenated alkanes) is 2. The van der Waals surface area contributed by atoms with Gasteiger partial charge in [-0.3, -0.25) is 4.79 Å². The summed E-state index contributed by atoms with van der Waals surface area (Å²) in [6.45, 7) is 0.497. The van der Waals surface area contributed by atoms with Gasteiger partial charge in [0.2, 0.25) is 5.91 Å². The number of hydrogen-bond donors (Lipinski definition) is 1. The molecule has 96 valence electrons. The number of terminal acetylenes is 1. The van der Waals surface area contributed by atoms with Gasteiger partial charge in [-0.15, -0.1) is 12.3 Å². The first-order valence-corrected chi connectivity index (χ1v) is 5.78. The number of carbonyl (C=O) groups is 1. The topological polar surface area (TPSA) is 29.1 Å². The highest BCUT2D eigenvalue weighted by molar-refractivity contribution is 5.78. The van der Waals surface area contributed by atoms with E-state index in [1.54, 1.807) is 0 Å². The Labute approximate surface area is 105 Å². The number of halogens is 2. The van der Waals surface area contributed by atoms with Crippen molar-refractivity contribution in [1.29, 1.82) is 0 Å². The second kappa shape index (κ2) is 7.44. The Morgan fingerprint density at radius 1 is 1.33 bits per heavy atom. The van der Waals surface area contributed by atoms with Crippen molar-refractivity contribution in [3.05, 3.63) is 35.4 Å². The normalized spacial score (nSPS) is 9.83. The minimum atomic E-state index is -0.958. The number of carbonyl (C=O) groups excluding carboxylic acids is 1. The monoisotopic (exact) mass is 251 g/mol. The molecule has 0 saturated carbocycles. The Bertz CT molecular complexity index is 452. The van der Waals surface area contributed by atoms with Crippen molar-refractivity contribution >= 4 is 5.91 Å². The van der Waals surface area contributed by atoms with E-state index in [2.05, 4.69) is 11.2 Å². The van der Waals surface area contributed by atoms with Crippen LogP contribution in [0.1, 0.15) is 24.8 Å². The summed E-state index contributed by atoms with van der Waals surface area (Å²) in [7, 11) is 0. The van der Waals surface area contributed by atoms with Crippen LogP contribution in [0.15, 0.2) is 18.2 Å². The largest absolute Gasteiger partial charge is 0.356 e. The number of amides is 1. The second-order valence-corrected chi connectivity index (χ2v) is 3.90. The molecule has 1 rings (SSSR count). The molecule has 0 bridgehead atoms. The van der Waals surface area contributed by atoms with Crippen molar-refractivity contribution in [3.8, 4) is 12.3 Å². The van der Waals surface area contributed by atoms with Crippen molar-refractivity contribution in [1.82, 2.24) is 5.32 Å². The zero-order valence-corrected chi connectivity index (χ0v) is 10.0. The molecule has 0 aromatic heterocycles. The van der Waals surface area contributed by atoms with E-state index in [9.17, 15) is 13.6 Å². The number of hydrogen-bond acceptors (Lipinski definition) is 1. The number of benzene rings is 1. The van der Waals surface area contributed by atoms with Crippen molar-refractivity contribution in [3.63, 3.8) is 0 Å². The molecule has 2 nitrogen and oxygen atoms in total. The fourth-order valence-electron chi connectivity index (χ4n) is 1.50. The first-order valence-electron chi connectivity index (χ1n) is 5.78. The van der Waals surface area contributed by atoms with Crippen molar-refractivity contribution in [2.24, 2.45) is 0 Å². The molecule has 0 unspecified atom stereocenters. The van der Waals surface area contributed by atoms with Gasteiger partial charge in [-0.25, -0.2) is 8.78 Å². The highest BCUT2D eigenvalue weighted by Crippen LogP contribution is 2.11. The van der Waals surface area contributed by atoms with Gasteiger partial charge in [0.25, 0.3) is 0 Å². The van der Waals surface area contributed by atoms with Gasteiger partial charge in [-0.1, -0.05) is 12.1 Å². The lowest BCUT2D eigenvalue weighted by atomic mass is 10.1. The number of nitrogens with one attached hydrogen (secondary N) is 1. The summed E-state index contributed by atoms with van der Waals surface area (Å²) in [6, 6.07) is 3.81. The van der Waals surface area contributed by atoms with Crippen LogP contribution in [0, 0.1) is 24.0 Å². The minimum absolute atomic E-state index is 0.0659. The standard InChI is InChI=1S/C14H15F2NO/c1-2-3-4-5-9-17-13(18)10-11-7-6-8-12(15)14(11)16/h1,6-8H,3-5,9-10H2,(H,17,18). The van der Waals surface area contributed by atoms with E-state index >= 15 is 0 Å². The highest BCUT2D eigenvalue weighted by atomic mass is 19.2. The van der Waals surface area contributed by atoms with Crippen LogP contribution in [0.25, 0.3) is 0 Å². The van der Waals surface area contributed by atoms with Crippen molar-refractivity contribution in [2.75, 3.05) is 6.54 Å². The van der Waals surface area contributed by atoms with Gasteiger partial charge in [0.1, 0.15) is 0 Å². The smallest absolute Gasteiger partial charge is 0.224 e. The Hall–Kier alpha value is -1.89. The van der Waals surface area contributed by atoms with E-state index < -0.39 is 11.6 Å². The molecule has 4 heteroatoms. The second-order valence-electron chi connectivity index (χ2n) is 3.90. The molecule has 18 heavy (non-hydrogen) atoms. The maximum atomic E-state index is 13.3. The average molecular weight is 251 g/mol. The lowest BCUT2D eigenvalue weighted by Gasteiger charge is -2.05. The van der Waals surface area contributed by atoms with E-state index in [1.165, 1.54) is 12.1 Å². The van der Waals surface area contributed by atoms with Gasteiger partial charge in [0.05, 0.1) is 6.42 Å². The summed E-state index contributed by atoms with van der Waals surface area (Å²) in [5, 5.41) is 2.64. The van der Waals surface area contributed by atoms with Crippen molar-refractivity contribution < 1.29 is 13.6 Å². The van der Waals surface area contributed by atoms with Crippen LogP contribution in [-0.4, -0.2) is 12.5 Å². The molecule has 0 aliphatic rings. The first kappa shape index (κ1) is 14.2. The quantitative estimate of drug-likeness (QED) is 0.610. The molecular formula is C14H15F2NO. The number of rotatable bonds is 6. The first-order chi connectivity index (χ1) is 8.65. The summed E-state index contributed by atoms with van der Waals surface area (Å²) in [4.78, 5) is 11.5. The fraction of sp³-hybridized carbons (Fsp3) is 0.357. The molecule has 0 fully saturated rings. The van der Waals surface area contributed by atoms with E-state index in [-0.39, 0.29) is 17.9 Å². The van der Waals surface area contributed by atoms with Gasteiger partial charge < -0.3 is 5.32 Å². The molecule has 1 aromatic rings. The molecule has 0 saturated heterocycles. The highest BCUT2D eigenvalue weighted by Gasteiger charge is 2.10. The molecule has 1 aromatic carbocycles. The molecule has 0 spiro atoms. The summed E-state index contributed by atoms with van der Waals surface area (Å²) in [5.41, 5.74) is 0.0659. The van der Waals surface area contributed by atoms with Crippen molar-refractivity contribution in [2.45, 2.75) is 25.7 Å². The maximum Gasteiger partial charge on any atom is 0.224 e. The van der Waals surface area contributed by atoms with Crippen LogP contribution in [0.3, 0.4) is 0 Å². The minimum Gasteiger partial charge on any atom is -0.356 e. The van der Waals surface area contributed by atoms with E-state index in [0.29, 0.717) is 13.0 Å². The van der Waals surface area contributed by atoms with Gasteiger partial charge in [-0.05, 0) is 18.9 Å². The molecule has 0 aliphatic heterocycles. The lowest BCUT2D eigenvalue weighted by molar-refractivity contribution is -0.120. The summed E-state index contributed by atoms with van der Waals surface area (Å²) in [6.07, 6.45) is 7.23. The third-order valence-electron chi connectivity index (χ3n) is 2.45. The summed E-state index contributed by atoms with van der Waals surface area (Å²) >= 11 is 0. The maximum absolute atomic E-state index is 13.3. The van der Waals surface area contributed by atoms with Crippen LogP contribution in [0.4, 0.5) is 8.78 Å². The van der Waals surface area contributed by atoms with Gasteiger partial charge in [0.15, 0.2) is 11.6 Å². The zero-order chi connectivity index (χ0) is 13.4. The predicted octanol–water partition coefficient (Wildman–Crippen LogP) is 2.43. The third-order valence-corrected chi connectivity index (χ3v) is 2.45. The van der Waals surface area contributed by atoms with E-state index in [0.717, 1.165) is 18.9 Å². The van der Waals surface area contributed by atoms with Crippen LogP contribution < -0.4 is 5.32 Å². The van der Waals surface area contributed by atoms with E-state index in [1.807, 2.05) is 0 Å².